The van der Waals surface area contributed by atoms with Crippen LogP contribution in [0.5, 0.6) is 0 Å². The van der Waals surface area contributed by atoms with Gasteiger partial charge in [-0.3, -0.25) is 4.98 Å². The molecule has 2 nitrogen and oxygen atoms in total. The van der Waals surface area contributed by atoms with Gasteiger partial charge in [0.25, 0.3) is 0 Å². The minimum absolute atomic E-state index is 0.958. The van der Waals surface area contributed by atoms with Crippen LogP contribution < -0.4 is 0 Å². The summed E-state index contributed by atoms with van der Waals surface area (Å²) in [4.78, 5) is 6.41. The molecule has 0 unspecified atom stereocenters. The van der Waals surface area contributed by atoms with E-state index in [2.05, 4.69) is 46.1 Å². The average Bonchev–Trinajstić information content (AvgIpc) is 2.18. The third kappa shape index (κ3) is 3.75. The van der Waals surface area contributed by atoms with Crippen LogP contribution in [0.4, 0.5) is 0 Å². The van der Waals surface area contributed by atoms with Crippen molar-refractivity contribution in [2.45, 2.75) is 13.0 Å². The molecular formula is C11H15IN2. The number of pyridine rings is 1. The summed E-state index contributed by atoms with van der Waals surface area (Å²) in [6.45, 7) is 5.73. The molecule has 0 fully saturated rings. The van der Waals surface area contributed by atoms with Gasteiger partial charge >= 0.3 is 0 Å². The first kappa shape index (κ1) is 11.7. The molecule has 0 atom stereocenters. The van der Waals surface area contributed by atoms with Crippen molar-refractivity contribution in [1.82, 2.24) is 9.88 Å². The predicted molar refractivity (Wildman–Crippen MR) is 68.1 cm³/mol. The maximum atomic E-state index is 4.13. The normalized spacial score (nSPS) is 10.5. The maximum absolute atomic E-state index is 4.13. The minimum atomic E-state index is 0.958. The molecule has 1 aromatic rings. The molecule has 0 aliphatic heterocycles. The molecule has 0 amide bonds. The van der Waals surface area contributed by atoms with Crippen LogP contribution in [-0.2, 0) is 6.54 Å². The Bertz CT molecular complexity index is 299. The Morgan fingerprint density at radius 3 is 3.07 bits per heavy atom. The molecule has 0 N–H and O–H groups in total. The van der Waals surface area contributed by atoms with E-state index in [0.717, 1.165) is 19.5 Å². The van der Waals surface area contributed by atoms with Crippen molar-refractivity contribution in [2.24, 2.45) is 0 Å². The van der Waals surface area contributed by atoms with Gasteiger partial charge in [-0.05, 0) is 47.7 Å². The van der Waals surface area contributed by atoms with E-state index in [-0.39, 0.29) is 0 Å². The highest BCUT2D eigenvalue weighted by Crippen LogP contribution is 2.11. The van der Waals surface area contributed by atoms with E-state index >= 15 is 0 Å². The molecule has 1 aromatic heterocycles. The van der Waals surface area contributed by atoms with Crippen LogP contribution in [0.3, 0.4) is 0 Å². The molecule has 0 saturated heterocycles. The maximum Gasteiger partial charge on any atom is 0.0323 e. The van der Waals surface area contributed by atoms with Gasteiger partial charge < -0.3 is 4.90 Å². The second-order valence-corrected chi connectivity index (χ2v) is 4.44. The molecule has 0 spiro atoms. The summed E-state index contributed by atoms with van der Waals surface area (Å²) >= 11 is 2.34. The van der Waals surface area contributed by atoms with E-state index < -0.39 is 0 Å². The fourth-order valence-corrected chi connectivity index (χ4v) is 1.68. The van der Waals surface area contributed by atoms with Crippen molar-refractivity contribution < 1.29 is 0 Å². The SMILES string of the molecule is C=CCCN(C)Cc1cnccc1I. The van der Waals surface area contributed by atoms with E-state index in [1.807, 2.05) is 24.5 Å². The standard InChI is InChI=1S/C11H15IN2/c1-3-4-7-14(2)9-10-8-13-6-5-11(10)12/h3,5-6,8H,1,4,7,9H2,2H3. The predicted octanol–water partition coefficient (Wildman–Crippen LogP) is 2.69. The largest absolute Gasteiger partial charge is 0.302 e. The van der Waals surface area contributed by atoms with Crippen molar-refractivity contribution in [3.8, 4) is 0 Å². The Kier molecular flexibility index (Phi) is 5.11. The highest BCUT2D eigenvalue weighted by atomic mass is 127. The Morgan fingerprint density at radius 1 is 1.64 bits per heavy atom. The third-order valence-electron chi connectivity index (χ3n) is 2.00. The molecule has 3 heteroatoms. The van der Waals surface area contributed by atoms with Gasteiger partial charge in [0.05, 0.1) is 0 Å². The highest BCUT2D eigenvalue weighted by Gasteiger charge is 2.02. The van der Waals surface area contributed by atoms with Crippen LogP contribution >= 0.6 is 22.6 Å². The first-order chi connectivity index (χ1) is 6.74. The fraction of sp³-hybridized carbons (Fsp3) is 0.364. The molecule has 0 radical (unpaired) electrons. The van der Waals surface area contributed by atoms with Crippen molar-refractivity contribution in [1.29, 1.82) is 0 Å². The number of rotatable bonds is 5. The average molecular weight is 302 g/mol. The zero-order valence-corrected chi connectivity index (χ0v) is 10.6. The van der Waals surface area contributed by atoms with Gasteiger partial charge in [-0.1, -0.05) is 6.08 Å². The van der Waals surface area contributed by atoms with E-state index in [1.165, 1.54) is 9.13 Å². The molecule has 0 aliphatic carbocycles. The Balaban J connectivity index is 2.51. The van der Waals surface area contributed by atoms with Crippen LogP contribution in [0, 0.1) is 3.57 Å². The molecule has 0 bridgehead atoms. The molecule has 1 heterocycles. The smallest absolute Gasteiger partial charge is 0.0323 e. The fourth-order valence-electron chi connectivity index (χ4n) is 1.21. The monoisotopic (exact) mass is 302 g/mol. The van der Waals surface area contributed by atoms with Gasteiger partial charge in [-0.2, -0.15) is 0 Å². The second kappa shape index (κ2) is 6.14. The number of nitrogens with zero attached hydrogens (tertiary/aromatic N) is 2. The van der Waals surface area contributed by atoms with Crippen molar-refractivity contribution in [3.05, 3.63) is 40.2 Å². The first-order valence-electron chi connectivity index (χ1n) is 4.62. The number of hydrogen-bond acceptors (Lipinski definition) is 2. The minimum Gasteiger partial charge on any atom is -0.302 e. The van der Waals surface area contributed by atoms with Crippen molar-refractivity contribution >= 4 is 22.6 Å². The second-order valence-electron chi connectivity index (χ2n) is 3.28. The van der Waals surface area contributed by atoms with Gasteiger partial charge in [-0.15, -0.1) is 6.58 Å². The summed E-state index contributed by atoms with van der Waals surface area (Å²) in [7, 11) is 2.12. The van der Waals surface area contributed by atoms with Crippen LogP contribution in [0.1, 0.15) is 12.0 Å². The van der Waals surface area contributed by atoms with E-state index in [4.69, 9.17) is 0 Å². The van der Waals surface area contributed by atoms with E-state index in [0.29, 0.717) is 0 Å². The molecule has 14 heavy (non-hydrogen) atoms. The molecule has 0 saturated carbocycles. The van der Waals surface area contributed by atoms with Gasteiger partial charge in [0, 0.05) is 29.1 Å². The number of hydrogen-bond donors (Lipinski definition) is 0. The summed E-state index contributed by atoms with van der Waals surface area (Å²) in [5, 5.41) is 0. The van der Waals surface area contributed by atoms with Crippen LogP contribution in [0.2, 0.25) is 0 Å². The zero-order valence-electron chi connectivity index (χ0n) is 8.41. The van der Waals surface area contributed by atoms with E-state index in [1.54, 1.807) is 0 Å². The summed E-state index contributed by atoms with van der Waals surface area (Å²) in [5.74, 6) is 0. The number of halogens is 1. The summed E-state index contributed by atoms with van der Waals surface area (Å²) in [6, 6.07) is 2.04. The van der Waals surface area contributed by atoms with E-state index in [9.17, 15) is 0 Å². The lowest BCUT2D eigenvalue weighted by Crippen LogP contribution is -2.19. The topological polar surface area (TPSA) is 16.1 Å². The van der Waals surface area contributed by atoms with Crippen LogP contribution in [0.25, 0.3) is 0 Å². The van der Waals surface area contributed by atoms with Gasteiger partial charge in [0.1, 0.15) is 0 Å². The Hall–Kier alpha value is -0.420. The Labute approximate surface area is 99.2 Å². The Morgan fingerprint density at radius 2 is 2.43 bits per heavy atom. The molecular weight excluding hydrogens is 287 g/mol. The van der Waals surface area contributed by atoms with Gasteiger partial charge in [0.2, 0.25) is 0 Å². The summed E-state index contributed by atoms with van der Waals surface area (Å²) in [5.41, 5.74) is 1.29. The van der Waals surface area contributed by atoms with Crippen LogP contribution in [-0.4, -0.2) is 23.5 Å². The molecule has 0 aromatic carbocycles. The lowest BCUT2D eigenvalue weighted by atomic mass is 10.2. The first-order valence-corrected chi connectivity index (χ1v) is 5.69. The summed E-state index contributed by atoms with van der Waals surface area (Å²) in [6.07, 6.45) is 6.75. The van der Waals surface area contributed by atoms with Gasteiger partial charge in [0.15, 0.2) is 0 Å². The van der Waals surface area contributed by atoms with Crippen molar-refractivity contribution in [2.75, 3.05) is 13.6 Å². The zero-order chi connectivity index (χ0) is 10.4. The van der Waals surface area contributed by atoms with Crippen molar-refractivity contribution in [3.63, 3.8) is 0 Å². The highest BCUT2D eigenvalue weighted by molar-refractivity contribution is 14.1. The van der Waals surface area contributed by atoms with Crippen LogP contribution in [0.15, 0.2) is 31.1 Å². The quantitative estimate of drug-likeness (QED) is 0.614. The van der Waals surface area contributed by atoms with Gasteiger partial charge in [-0.25, -0.2) is 0 Å². The number of aromatic nitrogens is 1. The lowest BCUT2D eigenvalue weighted by Gasteiger charge is -2.15. The molecule has 76 valence electrons. The molecule has 1 rings (SSSR count). The lowest BCUT2D eigenvalue weighted by molar-refractivity contribution is 0.332. The summed E-state index contributed by atoms with van der Waals surface area (Å²) < 4.78 is 1.28. The third-order valence-corrected chi connectivity index (χ3v) is 3.05. The molecule has 0 aliphatic rings.